The van der Waals surface area contributed by atoms with Crippen LogP contribution >= 0.6 is 11.6 Å². The maximum Gasteiger partial charge on any atom is 0.127 e. The average molecular weight is 662 g/mol. The normalized spacial score (nSPS) is 11.6. The molecule has 0 saturated heterocycles. The quantitative estimate of drug-likeness (QED) is 0.0600. The molecule has 5 N–H and O–H groups in total. The van der Waals surface area contributed by atoms with Crippen molar-refractivity contribution in [3.8, 4) is 0 Å². The fourth-order valence-electron chi connectivity index (χ4n) is 3.90. The van der Waals surface area contributed by atoms with Gasteiger partial charge in [0.25, 0.3) is 0 Å². The molecule has 0 spiro atoms. The first kappa shape index (κ1) is 47.6. The molecule has 0 fully saturated rings. The lowest BCUT2D eigenvalue weighted by molar-refractivity contribution is 0.533. The van der Waals surface area contributed by atoms with Crippen LogP contribution in [-0.2, 0) is 0 Å². The fraction of sp³-hybridized carbons (Fsp3) is 0.366. The standard InChI is InChI=1S/C20H23ClN2.C14H21N.C2H5N.C2H6.C2H4.CH5N/c1-5-14(12-15(6-2)20(22)23(4)7-3)18-11-10-17(13-19(18)21)16-8-9-16;1-4-10-15-11-13(5-2)14-8-6-12(3)7-9-14;1-2-3;3*1-2/h5-6,8,10-13,22H,1,7,9H2,2-4H3;5-9,13,15H,2,4,10-11H2,1,3H3;2-3H,1H3;1-2H3;1-2H2;2H2,1H3/b14-12+,15-6-,22-20?;;;;;. The first-order valence-electron chi connectivity index (χ1n) is 16.4. The lowest BCUT2D eigenvalue weighted by atomic mass is 9.98. The van der Waals surface area contributed by atoms with Gasteiger partial charge in [0.2, 0.25) is 0 Å². The second-order valence-corrected chi connectivity index (χ2v) is 10.2. The summed E-state index contributed by atoms with van der Waals surface area (Å²) in [7, 11) is 3.42. The molecule has 1 atom stereocenters. The van der Waals surface area contributed by atoms with Gasteiger partial charge in [0.1, 0.15) is 5.84 Å². The van der Waals surface area contributed by atoms with Crippen LogP contribution in [0.5, 0.6) is 0 Å². The zero-order valence-corrected chi connectivity index (χ0v) is 31.6. The summed E-state index contributed by atoms with van der Waals surface area (Å²) in [6, 6.07) is 14.8. The number of halogens is 1. The molecule has 0 heterocycles. The Balaban J connectivity index is -0.000000696. The van der Waals surface area contributed by atoms with Crippen LogP contribution in [0.3, 0.4) is 0 Å². The average Bonchev–Trinajstić information content (AvgIpc) is 3.97. The summed E-state index contributed by atoms with van der Waals surface area (Å²) in [6.45, 7) is 30.6. The summed E-state index contributed by atoms with van der Waals surface area (Å²) in [5, 5.41) is 18.5. The molecule has 5 nitrogen and oxygen atoms in total. The van der Waals surface area contributed by atoms with Crippen molar-refractivity contribution in [2.75, 3.05) is 33.7 Å². The molecule has 0 radical (unpaired) electrons. The van der Waals surface area contributed by atoms with Crippen LogP contribution in [0.1, 0.15) is 82.6 Å². The van der Waals surface area contributed by atoms with Crippen molar-refractivity contribution in [3.05, 3.63) is 132 Å². The second-order valence-electron chi connectivity index (χ2n) is 9.78. The van der Waals surface area contributed by atoms with E-state index in [1.165, 1.54) is 41.9 Å². The Morgan fingerprint density at radius 3 is 2.02 bits per heavy atom. The zero-order valence-electron chi connectivity index (χ0n) is 30.8. The molecule has 0 aliphatic heterocycles. The van der Waals surface area contributed by atoms with Gasteiger partial charge in [-0.2, -0.15) is 0 Å². The number of hydrogen-bond acceptors (Lipinski definition) is 4. The minimum absolute atomic E-state index is 0.428. The summed E-state index contributed by atoms with van der Waals surface area (Å²) >= 11 is 6.47. The summed E-state index contributed by atoms with van der Waals surface area (Å²) < 4.78 is 0. The number of nitrogens with two attached hydrogens (primary N) is 1. The summed E-state index contributed by atoms with van der Waals surface area (Å²) in [6.07, 6.45) is 13.4. The molecule has 0 bridgehead atoms. The zero-order chi connectivity index (χ0) is 36.8. The highest BCUT2D eigenvalue weighted by Crippen LogP contribution is 2.35. The Morgan fingerprint density at radius 2 is 1.62 bits per heavy atom. The second kappa shape index (κ2) is 30.9. The van der Waals surface area contributed by atoms with Crippen LogP contribution in [0, 0.1) is 17.7 Å². The molecule has 6 heteroatoms. The van der Waals surface area contributed by atoms with E-state index in [1.807, 2.05) is 70.0 Å². The van der Waals surface area contributed by atoms with Gasteiger partial charge in [0.05, 0.1) is 0 Å². The number of nitrogens with zero attached hydrogens (tertiary/aromatic N) is 1. The Morgan fingerprint density at radius 1 is 1.06 bits per heavy atom. The third-order valence-electron chi connectivity index (χ3n) is 6.61. The molecule has 2 aromatic carbocycles. The van der Waals surface area contributed by atoms with E-state index >= 15 is 0 Å². The number of amidine groups is 1. The van der Waals surface area contributed by atoms with Crippen molar-refractivity contribution >= 4 is 34.8 Å². The lowest BCUT2D eigenvalue weighted by Gasteiger charge is -2.19. The van der Waals surface area contributed by atoms with Gasteiger partial charge in [0, 0.05) is 42.2 Å². The minimum atomic E-state index is 0.428. The number of likely N-dealkylation sites (N-methyl/N-ethyl adjacent to an activating group) is 1. The van der Waals surface area contributed by atoms with Gasteiger partial charge in [-0.1, -0.05) is 105 Å². The number of hydrogen-bond donors (Lipinski definition) is 4. The van der Waals surface area contributed by atoms with Crippen molar-refractivity contribution < 1.29 is 0 Å². The molecule has 0 amide bonds. The maximum atomic E-state index is 8.27. The smallest absolute Gasteiger partial charge is 0.127 e. The monoisotopic (exact) mass is 661 g/mol. The van der Waals surface area contributed by atoms with Gasteiger partial charge in [-0.3, -0.25) is 5.41 Å². The van der Waals surface area contributed by atoms with E-state index < -0.39 is 0 Å². The van der Waals surface area contributed by atoms with Crippen LogP contribution in [0.2, 0.25) is 5.02 Å². The van der Waals surface area contributed by atoms with Crippen molar-refractivity contribution in [1.29, 1.82) is 10.8 Å². The van der Waals surface area contributed by atoms with Crippen molar-refractivity contribution in [3.63, 3.8) is 0 Å². The molecule has 47 heavy (non-hydrogen) atoms. The van der Waals surface area contributed by atoms with E-state index in [9.17, 15) is 0 Å². The lowest BCUT2D eigenvalue weighted by Crippen LogP contribution is -2.26. The molecule has 0 saturated carbocycles. The van der Waals surface area contributed by atoms with Crippen LogP contribution in [0.4, 0.5) is 0 Å². The van der Waals surface area contributed by atoms with Crippen molar-refractivity contribution in [2.45, 2.75) is 67.2 Å². The van der Waals surface area contributed by atoms with Gasteiger partial charge >= 0.3 is 0 Å². The first-order chi connectivity index (χ1) is 22.7. The van der Waals surface area contributed by atoms with Gasteiger partial charge in [-0.25, -0.2) is 0 Å². The van der Waals surface area contributed by atoms with Crippen LogP contribution in [-0.4, -0.2) is 50.7 Å². The Kier molecular flexibility index (Phi) is 31.3. The van der Waals surface area contributed by atoms with E-state index in [1.54, 1.807) is 13.0 Å². The Labute approximate surface area is 293 Å². The number of benzene rings is 2. The summed E-state index contributed by atoms with van der Waals surface area (Å²) in [5.74, 6) is 0.919. The minimum Gasteiger partial charge on any atom is -0.360 e. The fourth-order valence-corrected chi connectivity index (χ4v) is 4.19. The van der Waals surface area contributed by atoms with Crippen molar-refractivity contribution in [1.82, 2.24) is 10.2 Å². The largest absolute Gasteiger partial charge is 0.360 e. The van der Waals surface area contributed by atoms with E-state index in [0.29, 0.717) is 16.8 Å². The van der Waals surface area contributed by atoms with E-state index in [4.69, 9.17) is 22.4 Å². The molecule has 1 aliphatic rings. The van der Waals surface area contributed by atoms with Crippen LogP contribution < -0.4 is 11.1 Å². The van der Waals surface area contributed by atoms with Gasteiger partial charge in [-0.15, -0.1) is 19.7 Å². The van der Waals surface area contributed by atoms with E-state index in [0.717, 1.165) is 42.8 Å². The van der Waals surface area contributed by atoms with Crippen LogP contribution in [0.15, 0.2) is 105 Å². The Hall–Kier alpha value is -3.77. The Bertz CT molecular complexity index is 1260. The van der Waals surface area contributed by atoms with Gasteiger partial charge < -0.3 is 21.4 Å². The molecule has 0 aromatic heterocycles. The van der Waals surface area contributed by atoms with Gasteiger partial charge in [-0.05, 0) is 94.8 Å². The SMILES string of the molecule is C=C.C=C/C(=C\C(=C\C)C(=N)N(C)CC)c1ccc(C2=CC2)cc1Cl.C=CC(CNCCC)c1ccc(C)cc1.CC.CC=N.CN. The number of rotatable bonds is 12. The maximum absolute atomic E-state index is 8.27. The molecule has 2 aromatic rings. The predicted octanol–water partition coefficient (Wildman–Crippen LogP) is 10.9. The topological polar surface area (TPSA) is 89.0 Å². The van der Waals surface area contributed by atoms with E-state index in [2.05, 4.69) is 87.6 Å². The molecular formula is C41H64ClN5. The molecule has 1 unspecified atom stereocenters. The molecule has 260 valence electrons. The third-order valence-corrected chi connectivity index (χ3v) is 6.92. The molecule has 1 aliphatic carbocycles. The summed E-state index contributed by atoms with van der Waals surface area (Å²) in [4.78, 5) is 1.90. The van der Waals surface area contributed by atoms with Gasteiger partial charge in [0.15, 0.2) is 0 Å². The number of nitrogens with one attached hydrogen (secondary N) is 3. The molecule has 3 rings (SSSR count). The first-order valence-corrected chi connectivity index (χ1v) is 16.8. The number of aryl methyl sites for hydroxylation is 1. The molecular weight excluding hydrogens is 598 g/mol. The summed E-state index contributed by atoms with van der Waals surface area (Å²) in [5.41, 5.74) is 12.4. The highest BCUT2D eigenvalue weighted by atomic mass is 35.5. The van der Waals surface area contributed by atoms with Crippen LogP contribution in [0.25, 0.3) is 11.1 Å². The van der Waals surface area contributed by atoms with Crippen molar-refractivity contribution in [2.24, 2.45) is 5.73 Å². The predicted molar refractivity (Wildman–Crippen MR) is 216 cm³/mol. The number of allylic oxidation sites excluding steroid dienone is 5. The van der Waals surface area contributed by atoms with E-state index in [-0.39, 0.29) is 0 Å². The highest BCUT2D eigenvalue weighted by molar-refractivity contribution is 6.32. The third kappa shape index (κ3) is 19.5. The highest BCUT2D eigenvalue weighted by Gasteiger charge is 2.14.